The van der Waals surface area contributed by atoms with Crippen LogP contribution in [0.2, 0.25) is 0 Å². The first kappa shape index (κ1) is 22.1. The molecule has 0 heterocycles. The van der Waals surface area contributed by atoms with Gasteiger partial charge in [0.05, 0.1) is 0 Å². The van der Waals surface area contributed by atoms with Crippen LogP contribution in [0.1, 0.15) is 54.4 Å². The zero-order valence-corrected chi connectivity index (χ0v) is 15.3. The summed E-state index contributed by atoms with van der Waals surface area (Å²) in [6, 6.07) is -0.915. The maximum Gasteiger partial charge on any atom is 0.408 e. The fourth-order valence-electron chi connectivity index (χ4n) is 1.65. The Morgan fingerprint density at radius 1 is 1.00 bits per heavy atom. The Morgan fingerprint density at radius 2 is 1.54 bits per heavy atom. The van der Waals surface area contributed by atoms with Crippen LogP contribution in [0.15, 0.2) is 0 Å². The number of halogens is 1. The van der Waals surface area contributed by atoms with E-state index >= 15 is 0 Å². The molecule has 2 N–H and O–H groups in total. The number of hydrogen-bond acceptors (Lipinski definition) is 5. The van der Waals surface area contributed by atoms with Gasteiger partial charge in [-0.15, -0.1) is 0 Å². The monoisotopic (exact) mass is 347 g/mol. The molecule has 0 aliphatic heterocycles. The number of amides is 2. The molecule has 0 aromatic carbocycles. The van der Waals surface area contributed by atoms with Crippen molar-refractivity contribution in [3.05, 3.63) is 0 Å². The van der Waals surface area contributed by atoms with E-state index in [1.54, 1.807) is 41.5 Å². The van der Waals surface area contributed by atoms with Gasteiger partial charge in [0.25, 0.3) is 5.91 Å². The molecule has 0 aliphatic rings. The second-order valence-electron chi connectivity index (χ2n) is 7.36. The molecule has 0 radical (unpaired) electrons. The Morgan fingerprint density at radius 3 is 2.00 bits per heavy atom. The molecule has 1 atom stereocenters. The van der Waals surface area contributed by atoms with Gasteiger partial charge in [-0.05, 0) is 54.4 Å². The van der Waals surface area contributed by atoms with Gasteiger partial charge in [0, 0.05) is 6.54 Å². The fourth-order valence-corrected chi connectivity index (χ4v) is 1.65. The Balaban J connectivity index is 4.68. The smallest absolute Gasteiger partial charge is 0.408 e. The fraction of sp³-hybridized carbons (Fsp3) is 0.812. The Labute approximate surface area is 142 Å². The van der Waals surface area contributed by atoms with Gasteiger partial charge in [-0.3, -0.25) is 4.79 Å². The van der Waals surface area contributed by atoms with Crippen molar-refractivity contribution in [2.24, 2.45) is 0 Å². The number of hydrogen-bond donors (Lipinski definition) is 2. The summed E-state index contributed by atoms with van der Waals surface area (Å²) in [5, 5.41) is 4.83. The van der Waals surface area contributed by atoms with Crippen molar-refractivity contribution in [2.45, 2.75) is 71.6 Å². The molecule has 2 amide bonds. The van der Waals surface area contributed by atoms with Gasteiger partial charge in [-0.1, -0.05) is 0 Å². The quantitative estimate of drug-likeness (QED) is 0.543. The Bertz CT molecular complexity index is 441. The second kappa shape index (κ2) is 9.44. The highest BCUT2D eigenvalue weighted by Gasteiger charge is 2.28. The van der Waals surface area contributed by atoms with Gasteiger partial charge in [-0.25, -0.2) is 14.0 Å². The molecular formula is C16H29FN2O5. The van der Waals surface area contributed by atoms with Crippen molar-refractivity contribution >= 4 is 18.0 Å². The molecular weight excluding hydrogens is 318 g/mol. The van der Waals surface area contributed by atoms with Crippen LogP contribution in [-0.4, -0.2) is 48.4 Å². The molecule has 7 nitrogen and oxygen atoms in total. The van der Waals surface area contributed by atoms with Gasteiger partial charge in [0.1, 0.15) is 17.2 Å². The average molecular weight is 347 g/mol. The molecule has 0 spiro atoms. The lowest BCUT2D eigenvalue weighted by Crippen LogP contribution is -2.46. The van der Waals surface area contributed by atoms with Gasteiger partial charge in [-0.2, -0.15) is 0 Å². The maximum atomic E-state index is 12.2. The minimum Gasteiger partial charge on any atom is -0.458 e. The normalized spacial score (nSPS) is 13.0. The Hall–Kier alpha value is -1.86. The van der Waals surface area contributed by atoms with Crippen LogP contribution in [0.25, 0.3) is 0 Å². The first-order chi connectivity index (χ1) is 10.8. The second-order valence-corrected chi connectivity index (χ2v) is 7.36. The molecule has 140 valence electrons. The van der Waals surface area contributed by atoms with E-state index in [9.17, 15) is 18.8 Å². The number of rotatable bonds is 7. The van der Waals surface area contributed by atoms with E-state index in [2.05, 4.69) is 10.6 Å². The summed E-state index contributed by atoms with van der Waals surface area (Å²) in [5.74, 6) is -1.31. The molecule has 0 bridgehead atoms. The third-order valence-corrected chi connectivity index (χ3v) is 2.50. The standard InChI is InChI=1S/C16H29FN2O5/c1-15(2,3)23-13(21)11(8-7-9-18-12(20)10-17)19-14(22)24-16(4,5)6/h11H,7-10H2,1-6H3,(H,18,20)(H,19,22)/i17-1. The summed E-state index contributed by atoms with van der Waals surface area (Å²) in [6.45, 7) is 9.39. The van der Waals surface area contributed by atoms with E-state index < -0.39 is 41.9 Å². The van der Waals surface area contributed by atoms with Crippen molar-refractivity contribution < 1.29 is 28.2 Å². The van der Waals surface area contributed by atoms with Crippen molar-refractivity contribution in [1.82, 2.24) is 10.6 Å². The SMILES string of the molecule is CC(C)(C)OC(=O)NC(CCCNC(=O)C[18F])C(=O)OC(C)(C)C. The molecule has 0 fully saturated rings. The summed E-state index contributed by atoms with van der Waals surface area (Å²) in [5.41, 5.74) is -1.40. The molecule has 1 unspecified atom stereocenters. The van der Waals surface area contributed by atoms with Crippen LogP contribution in [0, 0.1) is 0 Å². The van der Waals surface area contributed by atoms with E-state index in [4.69, 9.17) is 9.47 Å². The molecule has 24 heavy (non-hydrogen) atoms. The highest BCUT2D eigenvalue weighted by molar-refractivity contribution is 5.81. The van der Waals surface area contributed by atoms with Crippen molar-refractivity contribution in [2.75, 3.05) is 13.2 Å². The highest BCUT2D eigenvalue weighted by Crippen LogP contribution is 2.12. The number of esters is 1. The van der Waals surface area contributed by atoms with Gasteiger partial charge >= 0.3 is 12.1 Å². The largest absolute Gasteiger partial charge is 0.458 e. The molecule has 0 saturated carbocycles. The summed E-state index contributed by atoms with van der Waals surface area (Å²) in [6.07, 6.45) is -0.141. The number of alkyl carbamates (subject to hydrolysis) is 1. The first-order valence-electron chi connectivity index (χ1n) is 7.89. The number of nitrogens with one attached hydrogen (secondary N) is 2. The van der Waals surface area contributed by atoms with Crippen molar-refractivity contribution in [3.8, 4) is 0 Å². The van der Waals surface area contributed by atoms with Gasteiger partial charge < -0.3 is 20.1 Å². The van der Waals surface area contributed by atoms with Crippen LogP contribution in [0.5, 0.6) is 0 Å². The number of carbonyl (C=O) groups is 3. The molecule has 0 aromatic heterocycles. The predicted molar refractivity (Wildman–Crippen MR) is 87.2 cm³/mol. The summed E-state index contributed by atoms with van der Waals surface area (Å²) in [7, 11) is 0. The number of ether oxygens (including phenoxy) is 2. The van der Waals surface area contributed by atoms with E-state index in [1.807, 2.05) is 0 Å². The van der Waals surface area contributed by atoms with Crippen LogP contribution >= 0.6 is 0 Å². The first-order valence-corrected chi connectivity index (χ1v) is 7.89. The average Bonchev–Trinajstić information content (AvgIpc) is 2.37. The highest BCUT2D eigenvalue weighted by atomic mass is 18.2. The third-order valence-electron chi connectivity index (χ3n) is 2.50. The van der Waals surface area contributed by atoms with Gasteiger partial charge in [0.2, 0.25) is 0 Å². The van der Waals surface area contributed by atoms with Crippen LogP contribution in [0.4, 0.5) is 9.18 Å². The minimum atomic E-state index is -1.09. The minimum absolute atomic E-state index is 0.193. The number of carbonyl (C=O) groups excluding carboxylic acids is 3. The van der Waals surface area contributed by atoms with E-state index in [-0.39, 0.29) is 13.0 Å². The van der Waals surface area contributed by atoms with Crippen LogP contribution < -0.4 is 10.6 Å². The van der Waals surface area contributed by atoms with E-state index in [0.717, 1.165) is 0 Å². The van der Waals surface area contributed by atoms with Crippen LogP contribution in [0.3, 0.4) is 0 Å². The van der Waals surface area contributed by atoms with E-state index in [1.165, 1.54) is 0 Å². The van der Waals surface area contributed by atoms with Crippen molar-refractivity contribution in [1.29, 1.82) is 0 Å². The lowest BCUT2D eigenvalue weighted by molar-refractivity contribution is -0.157. The molecule has 0 saturated heterocycles. The number of alkyl halides is 1. The molecule has 0 aliphatic carbocycles. The Kier molecular flexibility index (Phi) is 8.71. The van der Waals surface area contributed by atoms with Gasteiger partial charge in [0.15, 0.2) is 6.67 Å². The molecule has 8 heteroatoms. The summed E-state index contributed by atoms with van der Waals surface area (Å²) in [4.78, 5) is 34.9. The molecule has 0 aromatic rings. The van der Waals surface area contributed by atoms with E-state index in [0.29, 0.717) is 6.42 Å². The maximum absolute atomic E-state index is 12.2. The lowest BCUT2D eigenvalue weighted by atomic mass is 10.1. The van der Waals surface area contributed by atoms with Crippen molar-refractivity contribution in [3.63, 3.8) is 0 Å². The zero-order valence-electron chi connectivity index (χ0n) is 15.3. The molecule has 0 rings (SSSR count). The topological polar surface area (TPSA) is 93.7 Å². The predicted octanol–water partition coefficient (Wildman–Crippen LogP) is 2.09. The summed E-state index contributed by atoms with van der Waals surface area (Å²) < 4.78 is 22.5. The third kappa shape index (κ3) is 11.7. The van der Waals surface area contributed by atoms with Crippen LogP contribution in [-0.2, 0) is 19.1 Å². The lowest BCUT2D eigenvalue weighted by Gasteiger charge is -2.26. The summed E-state index contributed by atoms with van der Waals surface area (Å²) >= 11 is 0. The zero-order chi connectivity index (χ0) is 19.0.